The largest absolute Gasteiger partial charge is 0.385 e. The Labute approximate surface area is 388 Å². The van der Waals surface area contributed by atoms with Crippen LogP contribution in [0.5, 0.6) is 0 Å². The number of ether oxygens (including phenoxy) is 10. The zero-order valence-corrected chi connectivity index (χ0v) is 37.3. The highest BCUT2D eigenvalue weighted by molar-refractivity contribution is 5.18. The summed E-state index contributed by atoms with van der Waals surface area (Å²) in [5.74, 6) is 0. The van der Waals surface area contributed by atoms with Crippen LogP contribution in [0.4, 0.5) is 0 Å². The summed E-state index contributed by atoms with van der Waals surface area (Å²) in [6.07, 6.45) is -9.20. The Kier molecular flexibility index (Phi) is 18.0. The van der Waals surface area contributed by atoms with Gasteiger partial charge in [0.25, 0.3) is 0 Å². The Hall–Kier alpha value is -5.12. The van der Waals surface area contributed by atoms with Gasteiger partial charge in [0.05, 0.1) is 52.9 Å². The van der Waals surface area contributed by atoms with Crippen LogP contribution >= 0.6 is 0 Å². The van der Waals surface area contributed by atoms with Crippen molar-refractivity contribution in [3.63, 3.8) is 0 Å². The Morgan fingerprint density at radius 2 is 0.667 bits per heavy atom. The van der Waals surface area contributed by atoms with Crippen molar-refractivity contribution in [1.29, 1.82) is 0 Å². The van der Waals surface area contributed by atoms with Crippen LogP contribution in [0.1, 0.15) is 33.4 Å². The van der Waals surface area contributed by atoms with Crippen molar-refractivity contribution in [3.05, 3.63) is 215 Å². The van der Waals surface area contributed by atoms with Gasteiger partial charge >= 0.3 is 0 Å². The van der Waals surface area contributed by atoms with E-state index in [4.69, 9.17) is 47.4 Å². The molecule has 0 amide bonds. The van der Waals surface area contributed by atoms with E-state index in [9.17, 15) is 5.11 Å². The van der Waals surface area contributed by atoms with Gasteiger partial charge in [-0.25, -0.2) is 0 Å². The maximum absolute atomic E-state index is 12.5. The van der Waals surface area contributed by atoms with Crippen LogP contribution in [0.2, 0.25) is 0 Å². The molecule has 66 heavy (non-hydrogen) atoms. The van der Waals surface area contributed by atoms with Crippen molar-refractivity contribution in [2.75, 3.05) is 20.3 Å². The number of methoxy groups -OCH3 is 1. The Morgan fingerprint density at radius 3 is 1.03 bits per heavy atom. The van der Waals surface area contributed by atoms with Gasteiger partial charge in [0.15, 0.2) is 12.6 Å². The third-order valence-corrected chi connectivity index (χ3v) is 11.7. The van der Waals surface area contributed by atoms with Gasteiger partial charge in [0.1, 0.15) is 48.8 Å². The minimum absolute atomic E-state index is 0.110. The van der Waals surface area contributed by atoms with Crippen molar-refractivity contribution in [3.8, 4) is 0 Å². The number of aliphatic hydroxyl groups is 1. The molecule has 346 valence electrons. The lowest BCUT2D eigenvalue weighted by Crippen LogP contribution is -2.66. The summed E-state index contributed by atoms with van der Waals surface area (Å²) < 4.78 is 66.3. The molecule has 0 bridgehead atoms. The molecule has 1 N–H and O–H groups in total. The van der Waals surface area contributed by atoms with Crippen molar-refractivity contribution in [2.45, 2.75) is 101 Å². The summed E-state index contributed by atoms with van der Waals surface area (Å²) in [6.45, 7) is 1.93. The van der Waals surface area contributed by atoms with Crippen LogP contribution in [-0.2, 0) is 87.0 Å². The van der Waals surface area contributed by atoms with Gasteiger partial charge in [-0.2, -0.15) is 0 Å². The highest BCUT2D eigenvalue weighted by atomic mass is 16.8. The molecule has 10 unspecified atom stereocenters. The first-order chi connectivity index (χ1) is 32.6. The molecule has 2 fully saturated rings. The van der Waals surface area contributed by atoms with E-state index in [1.54, 1.807) is 7.11 Å². The van der Waals surface area contributed by atoms with E-state index in [1.807, 2.05) is 182 Å². The van der Waals surface area contributed by atoms with E-state index in [-0.39, 0.29) is 39.6 Å². The van der Waals surface area contributed by atoms with Gasteiger partial charge in [0.2, 0.25) is 0 Å². The maximum atomic E-state index is 12.5. The molecule has 2 saturated heterocycles. The molecule has 6 aromatic rings. The summed E-state index contributed by atoms with van der Waals surface area (Å²) in [7, 11) is 1.56. The molecule has 10 atom stereocenters. The maximum Gasteiger partial charge on any atom is 0.187 e. The average molecular weight is 897 g/mol. The van der Waals surface area contributed by atoms with Gasteiger partial charge in [-0.3, -0.25) is 0 Å². The van der Waals surface area contributed by atoms with E-state index in [1.165, 1.54) is 0 Å². The number of hydrogen-bond acceptors (Lipinski definition) is 11. The van der Waals surface area contributed by atoms with Crippen LogP contribution < -0.4 is 0 Å². The first-order valence-electron chi connectivity index (χ1n) is 22.6. The van der Waals surface area contributed by atoms with E-state index >= 15 is 0 Å². The van der Waals surface area contributed by atoms with Crippen molar-refractivity contribution in [2.24, 2.45) is 0 Å². The minimum Gasteiger partial charge on any atom is -0.385 e. The highest BCUT2D eigenvalue weighted by Crippen LogP contribution is 2.35. The van der Waals surface area contributed by atoms with Gasteiger partial charge in [0, 0.05) is 7.11 Å². The SMILES string of the molecule is COC1OC(COCc2ccccc2)C(OCc2ccccc2)C(OCc2ccccc2)C1OC1OC(COCc2ccccc2)C(OCc2ccccc2)C(OCc2ccccc2)C1O. The van der Waals surface area contributed by atoms with E-state index < -0.39 is 61.4 Å². The van der Waals surface area contributed by atoms with Crippen molar-refractivity contribution >= 4 is 0 Å². The van der Waals surface area contributed by atoms with Gasteiger partial charge < -0.3 is 52.5 Å². The molecule has 0 aliphatic carbocycles. The second-order valence-electron chi connectivity index (χ2n) is 16.5. The molecule has 0 saturated carbocycles. The molecule has 2 aliphatic heterocycles. The number of rotatable bonds is 23. The molecule has 0 spiro atoms. The Balaban J connectivity index is 1.10. The fourth-order valence-electron chi connectivity index (χ4n) is 8.23. The molecule has 6 aromatic carbocycles. The lowest BCUT2D eigenvalue weighted by Gasteiger charge is -2.49. The molecule has 8 rings (SSSR count). The van der Waals surface area contributed by atoms with Crippen molar-refractivity contribution < 1.29 is 52.5 Å². The first-order valence-corrected chi connectivity index (χ1v) is 22.6. The predicted octanol–water partition coefficient (Wildman–Crippen LogP) is 8.60. The summed E-state index contributed by atoms with van der Waals surface area (Å²) in [5.41, 5.74) is 5.84. The molecular weight excluding hydrogens is 837 g/mol. The molecule has 11 heteroatoms. The molecule has 2 heterocycles. The predicted molar refractivity (Wildman–Crippen MR) is 247 cm³/mol. The topological polar surface area (TPSA) is 113 Å². The third kappa shape index (κ3) is 13.5. The van der Waals surface area contributed by atoms with Gasteiger partial charge in [-0.1, -0.05) is 182 Å². The quantitative estimate of drug-likeness (QED) is 0.0668. The summed E-state index contributed by atoms with van der Waals surface area (Å²) in [4.78, 5) is 0. The number of benzene rings is 6. The standard InChI is InChI=1S/C55H60O11/c1-57-55-53(52(63-37-45-30-18-7-19-31-45)50(61-35-43-26-14-5-15-27-43)47(65-55)39-59-33-41-22-10-3-11-23-41)66-54-48(56)51(62-36-44-28-16-6-17-29-44)49(60-34-42-24-12-4-13-25-42)46(64-54)38-58-32-40-20-8-2-9-21-40/h2-31,46-56H,32-39H2,1H3. The Morgan fingerprint density at radius 1 is 0.364 bits per heavy atom. The normalized spacial score (nSPS) is 25.4. The van der Waals surface area contributed by atoms with Crippen molar-refractivity contribution in [1.82, 2.24) is 0 Å². The lowest BCUT2D eigenvalue weighted by molar-refractivity contribution is -0.377. The summed E-state index contributed by atoms with van der Waals surface area (Å²) in [6, 6.07) is 59.4. The number of aliphatic hydroxyl groups excluding tert-OH is 1. The van der Waals surface area contributed by atoms with Crippen LogP contribution in [0.3, 0.4) is 0 Å². The van der Waals surface area contributed by atoms with Crippen LogP contribution in [0.15, 0.2) is 182 Å². The first kappa shape index (κ1) is 47.4. The number of hydrogen-bond donors (Lipinski definition) is 1. The zero-order chi connectivity index (χ0) is 45.2. The van der Waals surface area contributed by atoms with Crippen LogP contribution in [-0.4, -0.2) is 86.8 Å². The van der Waals surface area contributed by atoms with Crippen LogP contribution in [0.25, 0.3) is 0 Å². The fraction of sp³-hybridized carbons (Fsp3) is 0.345. The zero-order valence-electron chi connectivity index (χ0n) is 37.3. The second kappa shape index (κ2) is 25.1. The monoisotopic (exact) mass is 896 g/mol. The second-order valence-corrected chi connectivity index (χ2v) is 16.5. The van der Waals surface area contributed by atoms with Gasteiger partial charge in [-0.15, -0.1) is 0 Å². The molecule has 0 radical (unpaired) electrons. The van der Waals surface area contributed by atoms with Crippen LogP contribution in [0, 0.1) is 0 Å². The van der Waals surface area contributed by atoms with Gasteiger partial charge in [-0.05, 0) is 33.4 Å². The average Bonchev–Trinajstić information content (AvgIpc) is 3.37. The lowest BCUT2D eigenvalue weighted by atomic mass is 9.96. The Bertz CT molecular complexity index is 2220. The van der Waals surface area contributed by atoms with E-state index in [0.29, 0.717) is 13.2 Å². The highest BCUT2D eigenvalue weighted by Gasteiger charge is 2.54. The molecule has 0 aromatic heterocycles. The third-order valence-electron chi connectivity index (χ3n) is 11.7. The molecule has 11 nitrogen and oxygen atoms in total. The smallest absolute Gasteiger partial charge is 0.187 e. The van der Waals surface area contributed by atoms with E-state index in [2.05, 4.69) is 0 Å². The minimum atomic E-state index is -1.34. The van der Waals surface area contributed by atoms with E-state index in [0.717, 1.165) is 33.4 Å². The summed E-state index contributed by atoms with van der Waals surface area (Å²) in [5, 5.41) is 12.5. The molecule has 2 aliphatic rings. The molecular formula is C55H60O11. The fourth-order valence-corrected chi connectivity index (χ4v) is 8.23. The summed E-state index contributed by atoms with van der Waals surface area (Å²) >= 11 is 0.